The molecule has 58 heavy (non-hydrogen) atoms. The number of carbonyl (C=O) groups is 2. The van der Waals surface area contributed by atoms with Crippen LogP contribution in [0.25, 0.3) is 0 Å². The van der Waals surface area contributed by atoms with E-state index in [1.165, 1.54) is 44.9 Å². The Morgan fingerprint density at radius 3 is 1.41 bits per heavy atom. The molecule has 0 radical (unpaired) electrons. The van der Waals surface area contributed by atoms with Gasteiger partial charge in [-0.05, 0) is 77.0 Å². The van der Waals surface area contributed by atoms with Gasteiger partial charge in [0.1, 0.15) is 6.61 Å². The molecule has 0 aliphatic heterocycles. The second-order valence-corrected chi connectivity index (χ2v) is 15.6. The molecule has 0 amide bonds. The molecule has 10 heteroatoms. The van der Waals surface area contributed by atoms with E-state index in [4.69, 9.17) is 24.3 Å². The van der Waals surface area contributed by atoms with Gasteiger partial charge in [-0.1, -0.05) is 169 Å². The first-order valence-electron chi connectivity index (χ1n) is 22.2. The largest absolute Gasteiger partial charge is 0.472 e. The molecule has 0 bridgehead atoms. The average Bonchev–Trinajstić information content (AvgIpc) is 3.21. The van der Waals surface area contributed by atoms with Gasteiger partial charge in [0.05, 0.1) is 13.2 Å². The van der Waals surface area contributed by atoms with E-state index in [0.29, 0.717) is 6.42 Å². The van der Waals surface area contributed by atoms with Crippen molar-refractivity contribution in [3.05, 3.63) is 97.2 Å². The molecule has 3 N–H and O–H groups in total. The monoisotopic (exact) mass is 830 g/mol. The summed E-state index contributed by atoms with van der Waals surface area (Å²) >= 11 is 0. The molecule has 0 saturated heterocycles. The smallest absolute Gasteiger partial charge is 0.462 e. The normalized spacial score (nSPS) is 14.2. The molecule has 330 valence electrons. The second-order valence-electron chi connectivity index (χ2n) is 14.2. The first-order valence-corrected chi connectivity index (χ1v) is 23.7. The van der Waals surface area contributed by atoms with E-state index in [1.807, 2.05) is 0 Å². The number of carbonyl (C=O) groups excluding carboxylic acids is 2. The van der Waals surface area contributed by atoms with Gasteiger partial charge in [0, 0.05) is 19.4 Å². The number of esters is 2. The Bertz CT molecular complexity index is 1270. The van der Waals surface area contributed by atoms with E-state index in [2.05, 4.69) is 111 Å². The molecular weight excluding hydrogens is 750 g/mol. The van der Waals surface area contributed by atoms with Gasteiger partial charge in [-0.2, -0.15) is 0 Å². The van der Waals surface area contributed by atoms with Crippen molar-refractivity contribution in [2.75, 3.05) is 26.4 Å². The summed E-state index contributed by atoms with van der Waals surface area (Å²) in [5.41, 5.74) is 5.34. The Morgan fingerprint density at radius 2 is 0.948 bits per heavy atom. The topological polar surface area (TPSA) is 134 Å². The van der Waals surface area contributed by atoms with Gasteiger partial charge in [-0.25, -0.2) is 4.57 Å². The molecule has 2 unspecified atom stereocenters. The number of hydrogen-bond donors (Lipinski definition) is 2. The van der Waals surface area contributed by atoms with Crippen LogP contribution in [0.2, 0.25) is 0 Å². The zero-order chi connectivity index (χ0) is 42.5. The van der Waals surface area contributed by atoms with Crippen LogP contribution >= 0.6 is 7.82 Å². The van der Waals surface area contributed by atoms with Crippen LogP contribution in [0.4, 0.5) is 0 Å². The molecule has 0 heterocycles. The number of ether oxygens (including phenoxy) is 2. The molecular formula is C48H80NO8P. The molecule has 0 aliphatic carbocycles. The maximum atomic E-state index is 12.6. The molecule has 0 saturated carbocycles. The number of allylic oxidation sites excluding steroid dienone is 16. The molecule has 0 aliphatic rings. The molecule has 0 aromatic heterocycles. The van der Waals surface area contributed by atoms with Crippen molar-refractivity contribution in [2.24, 2.45) is 5.73 Å². The fraction of sp³-hybridized carbons (Fsp3) is 0.625. The lowest BCUT2D eigenvalue weighted by Crippen LogP contribution is -2.29. The van der Waals surface area contributed by atoms with Gasteiger partial charge in [0.25, 0.3) is 0 Å². The quantitative estimate of drug-likeness (QED) is 0.0268. The molecule has 9 nitrogen and oxygen atoms in total. The second kappa shape index (κ2) is 43.5. The van der Waals surface area contributed by atoms with E-state index in [0.717, 1.165) is 83.5 Å². The standard InChI is InChI=1S/C48H80NO8P/c1-3-5-7-9-11-13-15-16-17-18-19-20-21-22-23-24-25-26-27-28-29-30-31-33-35-37-39-41-48(51)57-46(45-56-58(52,53)55-43-42-49)44-54-47(50)40-38-36-34-32-14-12-10-8-6-4-2/h5,7,11,13,16-17,19-20,22-23,25-26,28-29,31,33,46H,3-4,6,8-10,12,14-15,18,21,24,27,30,32,34-45,49H2,1-2H3,(H,52,53)/b7-5-,13-11-,17-16-,20-19-,23-22-,26-25-,29-28-,33-31-. The Morgan fingerprint density at radius 1 is 0.534 bits per heavy atom. The van der Waals surface area contributed by atoms with Crippen LogP contribution in [-0.4, -0.2) is 49.3 Å². The summed E-state index contributed by atoms with van der Waals surface area (Å²) in [6.07, 6.45) is 55.9. The Hall–Kier alpha value is -3.07. The maximum absolute atomic E-state index is 12.6. The Kier molecular flexibility index (Phi) is 41.2. The maximum Gasteiger partial charge on any atom is 0.472 e. The van der Waals surface area contributed by atoms with Gasteiger partial charge >= 0.3 is 19.8 Å². The van der Waals surface area contributed by atoms with Gasteiger partial charge in [-0.15, -0.1) is 0 Å². The molecule has 0 rings (SSSR count). The van der Waals surface area contributed by atoms with Crippen molar-refractivity contribution < 1.29 is 37.6 Å². The summed E-state index contributed by atoms with van der Waals surface area (Å²) in [7, 11) is -4.39. The first-order chi connectivity index (χ1) is 28.3. The van der Waals surface area contributed by atoms with Gasteiger partial charge < -0.3 is 20.1 Å². The van der Waals surface area contributed by atoms with Crippen LogP contribution in [0.3, 0.4) is 0 Å². The van der Waals surface area contributed by atoms with E-state index >= 15 is 0 Å². The summed E-state index contributed by atoms with van der Waals surface area (Å²) < 4.78 is 32.7. The third-order valence-electron chi connectivity index (χ3n) is 8.73. The summed E-state index contributed by atoms with van der Waals surface area (Å²) in [6.45, 7) is 3.52. The van der Waals surface area contributed by atoms with Crippen molar-refractivity contribution in [2.45, 2.75) is 168 Å². The van der Waals surface area contributed by atoms with Crippen molar-refractivity contribution in [3.63, 3.8) is 0 Å². The Labute approximate surface area is 353 Å². The fourth-order valence-electron chi connectivity index (χ4n) is 5.47. The minimum Gasteiger partial charge on any atom is -0.462 e. The molecule has 0 aromatic carbocycles. The third kappa shape index (κ3) is 42.5. The van der Waals surface area contributed by atoms with Crippen molar-refractivity contribution in [1.29, 1.82) is 0 Å². The zero-order valence-corrected chi connectivity index (χ0v) is 37.1. The lowest BCUT2D eigenvalue weighted by Gasteiger charge is -2.19. The van der Waals surface area contributed by atoms with E-state index in [-0.39, 0.29) is 32.6 Å². The van der Waals surface area contributed by atoms with Crippen molar-refractivity contribution in [1.82, 2.24) is 0 Å². The lowest BCUT2D eigenvalue weighted by molar-refractivity contribution is -0.161. The van der Waals surface area contributed by atoms with Crippen LogP contribution in [0.1, 0.15) is 162 Å². The average molecular weight is 830 g/mol. The minimum atomic E-state index is -4.39. The fourth-order valence-corrected chi connectivity index (χ4v) is 6.24. The van der Waals surface area contributed by atoms with E-state index < -0.39 is 32.5 Å². The van der Waals surface area contributed by atoms with Crippen LogP contribution in [-0.2, 0) is 32.7 Å². The highest BCUT2D eigenvalue weighted by Gasteiger charge is 2.25. The number of hydrogen-bond acceptors (Lipinski definition) is 8. The van der Waals surface area contributed by atoms with Gasteiger partial charge in [0.15, 0.2) is 6.10 Å². The molecule has 0 fully saturated rings. The highest BCUT2D eigenvalue weighted by molar-refractivity contribution is 7.47. The van der Waals surface area contributed by atoms with E-state index in [1.54, 1.807) is 0 Å². The number of unbranched alkanes of at least 4 members (excludes halogenated alkanes) is 11. The minimum absolute atomic E-state index is 0.0415. The zero-order valence-electron chi connectivity index (χ0n) is 36.2. The molecule has 0 spiro atoms. The predicted molar refractivity (Wildman–Crippen MR) is 242 cm³/mol. The first kappa shape index (κ1) is 54.9. The number of nitrogens with two attached hydrogens (primary N) is 1. The molecule has 0 aromatic rings. The number of phosphoric ester groups is 1. The highest BCUT2D eigenvalue weighted by atomic mass is 31.2. The summed E-state index contributed by atoms with van der Waals surface area (Å²) in [5.74, 6) is -0.890. The van der Waals surface area contributed by atoms with Gasteiger partial charge in [0.2, 0.25) is 0 Å². The number of phosphoric acid groups is 1. The van der Waals surface area contributed by atoms with Crippen LogP contribution in [0.5, 0.6) is 0 Å². The van der Waals surface area contributed by atoms with Crippen LogP contribution in [0.15, 0.2) is 97.2 Å². The SMILES string of the molecule is CC/C=C\C/C=C\C/C=C\C/C=C\C/C=C\C/C=C\C/C=C\C/C=C\CCCCC(=O)OC(COC(=O)CCCCCCCCCCCC)COP(=O)(O)OCCN. The molecule has 2 atom stereocenters. The number of rotatable bonds is 40. The van der Waals surface area contributed by atoms with E-state index in [9.17, 15) is 19.0 Å². The Balaban J connectivity index is 4.21. The predicted octanol–water partition coefficient (Wildman–Crippen LogP) is 13.0. The summed E-state index contributed by atoms with van der Waals surface area (Å²) in [6, 6.07) is 0. The van der Waals surface area contributed by atoms with Gasteiger partial charge in [-0.3, -0.25) is 18.6 Å². The van der Waals surface area contributed by atoms with Crippen LogP contribution < -0.4 is 5.73 Å². The highest BCUT2D eigenvalue weighted by Crippen LogP contribution is 2.43. The van der Waals surface area contributed by atoms with Crippen LogP contribution in [0, 0.1) is 0 Å². The van der Waals surface area contributed by atoms with Crippen molar-refractivity contribution in [3.8, 4) is 0 Å². The van der Waals surface area contributed by atoms with Crippen molar-refractivity contribution >= 4 is 19.8 Å². The summed E-state index contributed by atoms with van der Waals surface area (Å²) in [4.78, 5) is 34.8. The lowest BCUT2D eigenvalue weighted by atomic mass is 10.1. The third-order valence-corrected chi connectivity index (χ3v) is 9.72. The summed E-state index contributed by atoms with van der Waals surface area (Å²) in [5, 5.41) is 0.